The molecular formula is C20H17NO. The van der Waals surface area contributed by atoms with Crippen molar-refractivity contribution >= 4 is 16.9 Å². The summed E-state index contributed by atoms with van der Waals surface area (Å²) in [5.41, 5.74) is 5.41. The van der Waals surface area contributed by atoms with Gasteiger partial charge in [-0.15, -0.1) is 0 Å². The zero-order chi connectivity index (χ0) is 15.5. The van der Waals surface area contributed by atoms with Gasteiger partial charge in [0.15, 0.2) is 5.78 Å². The Bertz CT molecular complexity index is 796. The van der Waals surface area contributed by atoms with Gasteiger partial charge in [0.25, 0.3) is 0 Å². The van der Waals surface area contributed by atoms with Gasteiger partial charge in [0.05, 0.1) is 0 Å². The molecule has 0 unspecified atom stereocenters. The molecule has 2 aromatic rings. The van der Waals surface area contributed by atoms with Crippen molar-refractivity contribution < 1.29 is 4.79 Å². The lowest BCUT2D eigenvalue weighted by atomic mass is 9.95. The Hall–Kier alpha value is -2.74. The van der Waals surface area contributed by atoms with Gasteiger partial charge in [0, 0.05) is 34.7 Å². The standard InChI is InChI=1S/C20H17NO/c1-3-16-17(4-2)20(22)19(15-11-8-12-21-13-15)18(16)14-9-6-5-7-10-14/h3-13H,1-2H3. The molecule has 108 valence electrons. The fourth-order valence-corrected chi connectivity index (χ4v) is 2.92. The molecular weight excluding hydrogens is 270 g/mol. The Kier molecular flexibility index (Phi) is 3.84. The molecule has 0 fully saturated rings. The average Bonchev–Trinajstić information content (AvgIpc) is 2.88. The number of benzene rings is 1. The average molecular weight is 287 g/mol. The van der Waals surface area contributed by atoms with Crippen LogP contribution in [0.25, 0.3) is 11.1 Å². The van der Waals surface area contributed by atoms with Gasteiger partial charge in [-0.25, -0.2) is 0 Å². The first-order chi connectivity index (χ1) is 10.8. The second-order valence-electron chi connectivity index (χ2n) is 5.09. The minimum absolute atomic E-state index is 0.0717. The van der Waals surface area contributed by atoms with E-state index in [-0.39, 0.29) is 5.78 Å². The van der Waals surface area contributed by atoms with Crippen LogP contribution < -0.4 is 0 Å². The zero-order valence-corrected chi connectivity index (χ0v) is 12.7. The van der Waals surface area contributed by atoms with Crippen LogP contribution in [0.3, 0.4) is 0 Å². The van der Waals surface area contributed by atoms with E-state index in [1.165, 1.54) is 0 Å². The number of Topliss-reactive ketones (excluding diaryl/α,β-unsaturated/α-hetero) is 1. The molecule has 1 aliphatic rings. The Morgan fingerprint density at radius 3 is 2.09 bits per heavy atom. The molecule has 2 heteroatoms. The SMILES string of the molecule is CC=C1C(=O)C(c2cccnc2)=C(c2ccccc2)C1=CC. The minimum atomic E-state index is 0.0717. The number of rotatable bonds is 2. The maximum absolute atomic E-state index is 12.9. The first kappa shape index (κ1) is 14.2. The fourth-order valence-electron chi connectivity index (χ4n) is 2.92. The van der Waals surface area contributed by atoms with E-state index in [1.807, 2.05) is 68.5 Å². The van der Waals surface area contributed by atoms with E-state index in [0.29, 0.717) is 0 Å². The Morgan fingerprint density at radius 2 is 1.50 bits per heavy atom. The number of pyridine rings is 1. The van der Waals surface area contributed by atoms with Gasteiger partial charge in [0.2, 0.25) is 0 Å². The van der Waals surface area contributed by atoms with Crippen LogP contribution in [0.5, 0.6) is 0 Å². The summed E-state index contributed by atoms with van der Waals surface area (Å²) in [6.45, 7) is 3.88. The van der Waals surface area contributed by atoms with Gasteiger partial charge in [-0.05, 0) is 31.1 Å². The van der Waals surface area contributed by atoms with Crippen molar-refractivity contribution in [3.8, 4) is 0 Å². The maximum Gasteiger partial charge on any atom is 0.194 e. The number of hydrogen-bond acceptors (Lipinski definition) is 2. The second kappa shape index (κ2) is 5.94. The van der Waals surface area contributed by atoms with Crippen LogP contribution in [-0.2, 0) is 4.79 Å². The second-order valence-corrected chi connectivity index (χ2v) is 5.09. The number of carbonyl (C=O) groups excluding carboxylic acids is 1. The maximum atomic E-state index is 12.9. The Morgan fingerprint density at radius 1 is 0.818 bits per heavy atom. The van der Waals surface area contributed by atoms with Crippen molar-refractivity contribution in [1.29, 1.82) is 0 Å². The molecule has 1 aliphatic carbocycles. The normalized spacial score (nSPS) is 18.5. The molecule has 1 aromatic carbocycles. The molecule has 0 bridgehead atoms. The first-order valence-corrected chi connectivity index (χ1v) is 7.36. The smallest absolute Gasteiger partial charge is 0.194 e. The van der Waals surface area contributed by atoms with Crippen LogP contribution in [0, 0.1) is 0 Å². The van der Waals surface area contributed by atoms with Gasteiger partial charge in [0.1, 0.15) is 0 Å². The zero-order valence-electron chi connectivity index (χ0n) is 12.7. The minimum Gasteiger partial charge on any atom is -0.289 e. The first-order valence-electron chi connectivity index (χ1n) is 7.36. The van der Waals surface area contributed by atoms with Crippen LogP contribution in [0.4, 0.5) is 0 Å². The van der Waals surface area contributed by atoms with Crippen LogP contribution >= 0.6 is 0 Å². The van der Waals surface area contributed by atoms with Crippen molar-refractivity contribution in [2.45, 2.75) is 13.8 Å². The van der Waals surface area contributed by atoms with E-state index in [9.17, 15) is 4.79 Å². The molecule has 2 nitrogen and oxygen atoms in total. The van der Waals surface area contributed by atoms with E-state index in [2.05, 4.69) is 4.98 Å². The quantitative estimate of drug-likeness (QED) is 0.763. The fraction of sp³-hybridized carbons (Fsp3) is 0.100. The summed E-state index contributed by atoms with van der Waals surface area (Å²) < 4.78 is 0. The van der Waals surface area contributed by atoms with Crippen LogP contribution in [-0.4, -0.2) is 10.8 Å². The lowest BCUT2D eigenvalue weighted by Crippen LogP contribution is -1.99. The van der Waals surface area contributed by atoms with Crippen molar-refractivity contribution in [2.24, 2.45) is 0 Å². The summed E-state index contributed by atoms with van der Waals surface area (Å²) in [5, 5.41) is 0. The lowest BCUT2D eigenvalue weighted by Gasteiger charge is -2.08. The largest absolute Gasteiger partial charge is 0.289 e. The number of nitrogens with zero attached hydrogens (tertiary/aromatic N) is 1. The molecule has 0 saturated carbocycles. The van der Waals surface area contributed by atoms with E-state index in [4.69, 9.17) is 0 Å². The summed E-state index contributed by atoms with van der Waals surface area (Å²) in [4.78, 5) is 17.1. The monoisotopic (exact) mass is 287 g/mol. The predicted octanol–water partition coefficient (Wildman–Crippen LogP) is 4.47. The van der Waals surface area contributed by atoms with E-state index in [0.717, 1.165) is 33.4 Å². The molecule has 0 atom stereocenters. The molecule has 1 heterocycles. The highest BCUT2D eigenvalue weighted by atomic mass is 16.1. The predicted molar refractivity (Wildman–Crippen MR) is 90.0 cm³/mol. The molecule has 3 rings (SSSR count). The molecule has 0 spiro atoms. The van der Waals surface area contributed by atoms with Gasteiger partial charge in [-0.2, -0.15) is 0 Å². The van der Waals surface area contributed by atoms with Crippen LogP contribution in [0.2, 0.25) is 0 Å². The summed E-state index contributed by atoms with van der Waals surface area (Å²) in [5.74, 6) is 0.0717. The van der Waals surface area contributed by atoms with Crippen molar-refractivity contribution in [1.82, 2.24) is 4.98 Å². The molecule has 0 radical (unpaired) electrons. The summed E-state index contributed by atoms with van der Waals surface area (Å²) in [6.07, 6.45) is 7.38. The third-order valence-electron chi connectivity index (χ3n) is 3.87. The Balaban J connectivity index is 2.33. The third-order valence-corrected chi connectivity index (χ3v) is 3.87. The number of allylic oxidation sites excluding steroid dienone is 6. The number of carbonyl (C=O) groups is 1. The van der Waals surface area contributed by atoms with E-state index < -0.39 is 0 Å². The highest BCUT2D eigenvalue weighted by molar-refractivity contribution is 6.43. The molecule has 0 N–H and O–H groups in total. The highest BCUT2D eigenvalue weighted by Gasteiger charge is 2.33. The summed E-state index contributed by atoms with van der Waals surface area (Å²) in [7, 11) is 0. The van der Waals surface area contributed by atoms with Crippen molar-refractivity contribution in [2.75, 3.05) is 0 Å². The van der Waals surface area contributed by atoms with Crippen molar-refractivity contribution in [3.63, 3.8) is 0 Å². The molecule has 0 amide bonds. The van der Waals surface area contributed by atoms with Crippen LogP contribution in [0.1, 0.15) is 25.0 Å². The van der Waals surface area contributed by atoms with E-state index >= 15 is 0 Å². The van der Waals surface area contributed by atoms with Gasteiger partial charge < -0.3 is 0 Å². The third kappa shape index (κ3) is 2.23. The molecule has 0 aliphatic heterocycles. The van der Waals surface area contributed by atoms with Crippen molar-refractivity contribution in [3.05, 3.63) is 89.3 Å². The number of hydrogen-bond donors (Lipinski definition) is 0. The number of aromatic nitrogens is 1. The van der Waals surface area contributed by atoms with Gasteiger partial charge in [-0.1, -0.05) is 48.6 Å². The molecule has 0 saturated heterocycles. The highest BCUT2D eigenvalue weighted by Crippen LogP contribution is 2.44. The summed E-state index contributed by atoms with van der Waals surface area (Å²) in [6, 6.07) is 13.9. The van der Waals surface area contributed by atoms with Crippen LogP contribution in [0.15, 0.2) is 78.2 Å². The topological polar surface area (TPSA) is 30.0 Å². The van der Waals surface area contributed by atoms with E-state index in [1.54, 1.807) is 12.4 Å². The number of ketones is 1. The molecule has 22 heavy (non-hydrogen) atoms. The van der Waals surface area contributed by atoms with Gasteiger partial charge in [-0.3, -0.25) is 9.78 Å². The lowest BCUT2D eigenvalue weighted by molar-refractivity contribution is -0.110. The van der Waals surface area contributed by atoms with Gasteiger partial charge >= 0.3 is 0 Å². The summed E-state index contributed by atoms with van der Waals surface area (Å²) >= 11 is 0. The molecule has 1 aromatic heterocycles. The Labute approximate surface area is 130 Å².